The molecule has 2 aromatic carbocycles. The number of Topliss-reactive ketones (excluding diaryl/α,β-unsaturated/α-hetero) is 1. The van der Waals surface area contributed by atoms with Crippen molar-refractivity contribution in [1.82, 2.24) is 0 Å². The van der Waals surface area contributed by atoms with Crippen LogP contribution in [0.4, 0.5) is 4.39 Å². The van der Waals surface area contributed by atoms with Crippen LogP contribution >= 0.6 is 0 Å². The van der Waals surface area contributed by atoms with Crippen molar-refractivity contribution in [3.8, 4) is 0 Å². The maximum Gasteiger partial charge on any atom is 0.352 e. The van der Waals surface area contributed by atoms with Gasteiger partial charge in [-0.05, 0) is 12.5 Å². The molecule has 3 nitrogen and oxygen atoms in total. The molecule has 0 unspecified atom stereocenters. The van der Waals surface area contributed by atoms with Crippen LogP contribution in [0.3, 0.4) is 0 Å². The van der Waals surface area contributed by atoms with E-state index < -0.39 is 17.4 Å². The van der Waals surface area contributed by atoms with Crippen LogP contribution in [0.5, 0.6) is 0 Å². The molecule has 0 fully saturated rings. The number of carbonyl (C=O) groups excluding carboxylic acids is 2. The summed E-state index contributed by atoms with van der Waals surface area (Å²) in [5, 5.41) is 0. The van der Waals surface area contributed by atoms with E-state index in [-0.39, 0.29) is 12.2 Å². The summed E-state index contributed by atoms with van der Waals surface area (Å²) >= 11 is 0. The topological polar surface area (TPSA) is 43.4 Å². The van der Waals surface area contributed by atoms with Crippen LogP contribution in [0, 0.1) is 0 Å². The van der Waals surface area contributed by atoms with Crippen LogP contribution in [0.25, 0.3) is 0 Å². The fraction of sp³-hybridized carbons (Fsp3) is 0.176. The van der Waals surface area contributed by atoms with Crippen molar-refractivity contribution < 1.29 is 18.7 Å². The lowest BCUT2D eigenvalue weighted by Crippen LogP contribution is -2.40. The van der Waals surface area contributed by atoms with Crippen molar-refractivity contribution in [3.63, 3.8) is 0 Å². The predicted molar refractivity (Wildman–Crippen MR) is 76.5 cm³/mol. The summed E-state index contributed by atoms with van der Waals surface area (Å²) in [5.74, 6) is -2.08. The molecule has 0 saturated carbocycles. The van der Waals surface area contributed by atoms with Crippen LogP contribution in [0.1, 0.15) is 22.8 Å². The smallest absolute Gasteiger partial charge is 0.352 e. The van der Waals surface area contributed by atoms with Gasteiger partial charge in [0.05, 0.1) is 0 Å². The number of halogens is 1. The first-order valence-corrected chi connectivity index (χ1v) is 6.51. The molecule has 0 aliphatic heterocycles. The number of esters is 1. The average molecular weight is 286 g/mol. The molecule has 0 spiro atoms. The third-order valence-corrected chi connectivity index (χ3v) is 3.06. The summed E-state index contributed by atoms with van der Waals surface area (Å²) < 4.78 is 19.3. The van der Waals surface area contributed by atoms with E-state index in [4.69, 9.17) is 4.74 Å². The third kappa shape index (κ3) is 3.54. The Morgan fingerprint density at radius 2 is 1.52 bits per heavy atom. The fourth-order valence-electron chi connectivity index (χ4n) is 1.81. The molecule has 0 bridgehead atoms. The Morgan fingerprint density at radius 1 is 1.00 bits per heavy atom. The number of benzene rings is 2. The standard InChI is InChI=1S/C17H15FO3/c1-17(18,15(19)14-10-6-3-7-11-14)16(20)21-12-13-8-4-2-5-9-13/h2-11H,12H2,1H3/t17-/m0/s1. The van der Waals surface area contributed by atoms with Gasteiger partial charge in [-0.3, -0.25) is 4.79 Å². The van der Waals surface area contributed by atoms with E-state index in [0.717, 1.165) is 12.5 Å². The maximum atomic E-state index is 14.4. The SMILES string of the molecule is C[C@@](F)(C(=O)OCc1ccccc1)C(=O)c1ccccc1. The zero-order chi connectivity index (χ0) is 15.3. The molecule has 21 heavy (non-hydrogen) atoms. The summed E-state index contributed by atoms with van der Waals surface area (Å²) in [6.45, 7) is 0.858. The highest BCUT2D eigenvalue weighted by Gasteiger charge is 2.43. The molecule has 0 heterocycles. The molecule has 0 amide bonds. The van der Waals surface area contributed by atoms with Gasteiger partial charge in [0.1, 0.15) is 6.61 Å². The van der Waals surface area contributed by atoms with Crippen molar-refractivity contribution in [3.05, 3.63) is 71.8 Å². The van der Waals surface area contributed by atoms with Crippen LogP contribution in [0.15, 0.2) is 60.7 Å². The van der Waals surface area contributed by atoms with E-state index >= 15 is 0 Å². The lowest BCUT2D eigenvalue weighted by Gasteiger charge is -2.17. The Hall–Kier alpha value is -2.49. The highest BCUT2D eigenvalue weighted by Crippen LogP contribution is 2.20. The monoisotopic (exact) mass is 286 g/mol. The van der Waals surface area contributed by atoms with Crippen LogP contribution in [-0.2, 0) is 16.1 Å². The number of hydrogen-bond donors (Lipinski definition) is 0. The van der Waals surface area contributed by atoms with E-state index in [2.05, 4.69) is 0 Å². The number of ether oxygens (including phenoxy) is 1. The van der Waals surface area contributed by atoms with Crippen LogP contribution < -0.4 is 0 Å². The number of alkyl halides is 1. The fourth-order valence-corrected chi connectivity index (χ4v) is 1.81. The molecule has 0 saturated heterocycles. The second-order valence-corrected chi connectivity index (χ2v) is 4.76. The lowest BCUT2D eigenvalue weighted by molar-refractivity contribution is -0.154. The molecular formula is C17H15FO3. The van der Waals surface area contributed by atoms with Crippen molar-refractivity contribution in [2.24, 2.45) is 0 Å². The minimum atomic E-state index is -2.70. The summed E-state index contributed by atoms with van der Waals surface area (Å²) in [6, 6.07) is 16.7. The van der Waals surface area contributed by atoms with Gasteiger partial charge < -0.3 is 4.74 Å². The zero-order valence-electron chi connectivity index (χ0n) is 11.6. The van der Waals surface area contributed by atoms with E-state index in [1.807, 2.05) is 6.07 Å². The van der Waals surface area contributed by atoms with E-state index in [1.165, 1.54) is 12.1 Å². The quantitative estimate of drug-likeness (QED) is 0.481. The minimum absolute atomic E-state index is 0.0682. The molecule has 0 N–H and O–H groups in total. The van der Waals surface area contributed by atoms with Gasteiger partial charge in [-0.25, -0.2) is 9.18 Å². The Morgan fingerprint density at radius 3 is 2.10 bits per heavy atom. The summed E-state index contributed by atoms with van der Waals surface area (Å²) in [4.78, 5) is 23.9. The molecule has 0 aliphatic rings. The number of carbonyl (C=O) groups is 2. The largest absolute Gasteiger partial charge is 0.458 e. The molecule has 1 atom stereocenters. The highest BCUT2D eigenvalue weighted by molar-refractivity contribution is 6.14. The van der Waals surface area contributed by atoms with Crippen molar-refractivity contribution in [2.45, 2.75) is 19.2 Å². The lowest BCUT2D eigenvalue weighted by atomic mass is 9.96. The Bertz CT molecular complexity index is 621. The number of ketones is 1. The van der Waals surface area contributed by atoms with E-state index in [1.54, 1.807) is 42.5 Å². The minimum Gasteiger partial charge on any atom is -0.458 e. The third-order valence-electron chi connectivity index (χ3n) is 3.06. The summed E-state index contributed by atoms with van der Waals surface area (Å²) in [7, 11) is 0. The molecule has 2 aromatic rings. The van der Waals surface area contributed by atoms with Crippen molar-refractivity contribution in [2.75, 3.05) is 0 Å². The molecule has 0 radical (unpaired) electrons. The maximum absolute atomic E-state index is 14.4. The number of hydrogen-bond acceptors (Lipinski definition) is 3. The second-order valence-electron chi connectivity index (χ2n) is 4.76. The molecule has 4 heteroatoms. The predicted octanol–water partition coefficient (Wildman–Crippen LogP) is 3.34. The summed E-state index contributed by atoms with van der Waals surface area (Å²) in [5.41, 5.74) is -1.83. The molecular weight excluding hydrogens is 271 g/mol. The van der Waals surface area contributed by atoms with E-state index in [9.17, 15) is 14.0 Å². The van der Waals surface area contributed by atoms with Gasteiger partial charge in [-0.2, -0.15) is 0 Å². The van der Waals surface area contributed by atoms with Crippen molar-refractivity contribution in [1.29, 1.82) is 0 Å². The highest BCUT2D eigenvalue weighted by atomic mass is 19.1. The Labute approximate surface area is 122 Å². The van der Waals surface area contributed by atoms with Gasteiger partial charge >= 0.3 is 5.97 Å². The van der Waals surface area contributed by atoms with Gasteiger partial charge in [0, 0.05) is 5.56 Å². The van der Waals surface area contributed by atoms with Crippen molar-refractivity contribution >= 4 is 11.8 Å². The van der Waals surface area contributed by atoms with Crippen LogP contribution in [-0.4, -0.2) is 17.4 Å². The molecule has 2 rings (SSSR count). The Balaban J connectivity index is 2.05. The van der Waals surface area contributed by atoms with Crippen LogP contribution in [0.2, 0.25) is 0 Å². The molecule has 0 aliphatic carbocycles. The first-order chi connectivity index (χ1) is 10.0. The average Bonchev–Trinajstić information content (AvgIpc) is 2.53. The van der Waals surface area contributed by atoms with Gasteiger partial charge in [0.15, 0.2) is 0 Å². The molecule has 0 aromatic heterocycles. The first-order valence-electron chi connectivity index (χ1n) is 6.51. The Kier molecular flexibility index (Phi) is 4.48. The summed E-state index contributed by atoms with van der Waals surface area (Å²) in [6.07, 6.45) is 0. The normalized spacial score (nSPS) is 13.2. The number of rotatable bonds is 5. The van der Waals surface area contributed by atoms with Gasteiger partial charge in [-0.15, -0.1) is 0 Å². The van der Waals surface area contributed by atoms with Gasteiger partial charge in [0.2, 0.25) is 5.78 Å². The van der Waals surface area contributed by atoms with E-state index in [0.29, 0.717) is 0 Å². The second kappa shape index (κ2) is 6.31. The first kappa shape index (κ1) is 14.9. The van der Waals surface area contributed by atoms with Gasteiger partial charge in [-0.1, -0.05) is 60.7 Å². The zero-order valence-corrected chi connectivity index (χ0v) is 11.6. The van der Waals surface area contributed by atoms with Gasteiger partial charge in [0.25, 0.3) is 5.67 Å². The molecule has 108 valence electrons.